The van der Waals surface area contributed by atoms with Crippen molar-refractivity contribution in [1.29, 1.82) is 0 Å². The summed E-state index contributed by atoms with van der Waals surface area (Å²) in [6.45, 7) is 1.54. The molecule has 4 aromatic rings. The van der Waals surface area contributed by atoms with Crippen molar-refractivity contribution >= 4 is 17.2 Å². The molecule has 0 fully saturated rings. The van der Waals surface area contributed by atoms with Crippen molar-refractivity contribution < 1.29 is 14.3 Å². The quantitative estimate of drug-likeness (QED) is 0.526. The lowest BCUT2D eigenvalue weighted by Crippen LogP contribution is -2.21. The second-order valence-corrected chi connectivity index (χ2v) is 7.92. The van der Waals surface area contributed by atoms with Crippen LogP contribution >= 0.6 is 11.3 Å². The average Bonchev–Trinajstić information content (AvgIpc) is 3.48. The number of hydrogen-bond donors (Lipinski definition) is 1. The number of rotatable bonds is 5. The molecular weight excluding hydrogens is 398 g/mol. The fourth-order valence-electron chi connectivity index (χ4n) is 3.25. The Bertz CT molecular complexity index is 1180. The Kier molecular flexibility index (Phi) is 4.94. The van der Waals surface area contributed by atoms with Crippen LogP contribution in [0.4, 0.5) is 0 Å². The van der Waals surface area contributed by atoms with Crippen LogP contribution in [0, 0.1) is 0 Å². The van der Waals surface area contributed by atoms with Crippen LogP contribution in [0.1, 0.15) is 15.2 Å². The van der Waals surface area contributed by atoms with Crippen molar-refractivity contribution in [2.24, 2.45) is 0 Å². The van der Waals surface area contributed by atoms with Crippen LogP contribution in [0.5, 0.6) is 11.5 Å². The molecule has 5 rings (SSSR count). The highest BCUT2D eigenvalue weighted by Crippen LogP contribution is 2.36. The largest absolute Gasteiger partial charge is 0.486 e. The van der Waals surface area contributed by atoms with E-state index in [1.807, 2.05) is 66.9 Å². The summed E-state index contributed by atoms with van der Waals surface area (Å²) >= 11 is 1.45. The summed E-state index contributed by atoms with van der Waals surface area (Å²) < 4.78 is 13.0. The van der Waals surface area contributed by atoms with Gasteiger partial charge in [-0.2, -0.15) is 5.10 Å². The topological polar surface area (TPSA) is 65.4 Å². The van der Waals surface area contributed by atoms with E-state index < -0.39 is 0 Å². The molecule has 1 amide bonds. The molecule has 0 spiro atoms. The molecule has 0 radical (unpaired) electrons. The Morgan fingerprint density at radius 2 is 1.87 bits per heavy atom. The van der Waals surface area contributed by atoms with Crippen LogP contribution in [0.3, 0.4) is 0 Å². The number of hydrogen-bond acceptors (Lipinski definition) is 5. The first-order chi connectivity index (χ1) is 14.8. The van der Waals surface area contributed by atoms with E-state index in [4.69, 9.17) is 9.47 Å². The molecule has 1 aliphatic heterocycles. The number of carbonyl (C=O) groups is 1. The molecule has 6 nitrogen and oxygen atoms in total. The maximum Gasteiger partial charge on any atom is 0.261 e. The molecule has 3 heterocycles. The summed E-state index contributed by atoms with van der Waals surface area (Å²) in [5.74, 6) is 1.40. The molecule has 2 aromatic heterocycles. The number of fused-ring (bicyclic) bond motifs is 1. The van der Waals surface area contributed by atoms with E-state index in [0.717, 1.165) is 33.2 Å². The number of benzene rings is 2. The highest BCUT2D eigenvalue weighted by atomic mass is 32.1. The predicted octanol–water partition coefficient (Wildman–Crippen LogP) is 4.30. The zero-order valence-electron chi connectivity index (χ0n) is 16.1. The minimum Gasteiger partial charge on any atom is -0.486 e. The first-order valence-corrected chi connectivity index (χ1v) is 10.4. The van der Waals surface area contributed by atoms with Crippen molar-refractivity contribution in [3.63, 3.8) is 0 Å². The van der Waals surface area contributed by atoms with E-state index in [1.54, 1.807) is 10.9 Å². The summed E-state index contributed by atoms with van der Waals surface area (Å²) in [5, 5.41) is 7.33. The van der Waals surface area contributed by atoms with Gasteiger partial charge in [-0.1, -0.05) is 18.2 Å². The van der Waals surface area contributed by atoms with Crippen LogP contribution in [0.25, 0.3) is 16.1 Å². The molecule has 0 unspecified atom stereocenters. The molecule has 150 valence electrons. The number of carbonyl (C=O) groups excluding carboxylic acids is 1. The van der Waals surface area contributed by atoms with E-state index in [9.17, 15) is 4.79 Å². The Hall–Kier alpha value is -3.58. The third kappa shape index (κ3) is 3.79. The van der Waals surface area contributed by atoms with Gasteiger partial charge in [0, 0.05) is 23.2 Å². The molecule has 30 heavy (non-hydrogen) atoms. The number of nitrogens with one attached hydrogen (secondary N) is 1. The van der Waals surface area contributed by atoms with Gasteiger partial charge in [-0.25, -0.2) is 4.68 Å². The normalized spacial score (nSPS) is 12.5. The standard InChI is InChI=1S/C23H19N3O3S/c27-23(24-13-16-14-25-26(15-16)18-4-2-1-3-5-18)22-9-8-21(30-22)17-6-7-19-20(12-17)29-11-10-28-19/h1-9,12,14-15H,10-11,13H2,(H,24,27). The maximum absolute atomic E-state index is 12.6. The summed E-state index contributed by atoms with van der Waals surface area (Å²) in [4.78, 5) is 14.3. The van der Waals surface area contributed by atoms with Crippen molar-refractivity contribution in [2.75, 3.05) is 13.2 Å². The maximum atomic E-state index is 12.6. The summed E-state index contributed by atoms with van der Waals surface area (Å²) in [7, 11) is 0. The molecule has 2 aromatic carbocycles. The minimum absolute atomic E-state index is 0.101. The predicted molar refractivity (Wildman–Crippen MR) is 115 cm³/mol. The van der Waals surface area contributed by atoms with Gasteiger partial charge in [0.2, 0.25) is 0 Å². The van der Waals surface area contributed by atoms with Crippen LogP contribution in [-0.2, 0) is 6.54 Å². The lowest BCUT2D eigenvalue weighted by molar-refractivity contribution is 0.0955. The van der Waals surface area contributed by atoms with Gasteiger partial charge in [-0.05, 0) is 48.0 Å². The van der Waals surface area contributed by atoms with Gasteiger partial charge in [-0.3, -0.25) is 4.79 Å². The van der Waals surface area contributed by atoms with Gasteiger partial charge < -0.3 is 14.8 Å². The lowest BCUT2D eigenvalue weighted by Gasteiger charge is -2.18. The number of ether oxygens (including phenoxy) is 2. The molecular formula is C23H19N3O3S. The third-order valence-electron chi connectivity index (χ3n) is 4.77. The van der Waals surface area contributed by atoms with Crippen molar-refractivity contribution in [2.45, 2.75) is 6.54 Å². The monoisotopic (exact) mass is 417 g/mol. The first kappa shape index (κ1) is 18.4. The third-order valence-corrected chi connectivity index (χ3v) is 5.90. The Morgan fingerprint density at radius 1 is 1.03 bits per heavy atom. The van der Waals surface area contributed by atoms with E-state index in [0.29, 0.717) is 24.6 Å². The Balaban J connectivity index is 1.25. The van der Waals surface area contributed by atoms with E-state index in [2.05, 4.69) is 10.4 Å². The van der Waals surface area contributed by atoms with Gasteiger partial charge in [-0.15, -0.1) is 11.3 Å². The molecule has 1 N–H and O–H groups in total. The van der Waals surface area contributed by atoms with Gasteiger partial charge in [0.05, 0.1) is 16.8 Å². The number of amides is 1. The van der Waals surface area contributed by atoms with Crippen LogP contribution in [0.2, 0.25) is 0 Å². The van der Waals surface area contributed by atoms with E-state index >= 15 is 0 Å². The molecule has 1 aliphatic rings. The summed E-state index contributed by atoms with van der Waals surface area (Å²) in [6, 6.07) is 19.5. The second-order valence-electron chi connectivity index (χ2n) is 6.83. The average molecular weight is 417 g/mol. The Morgan fingerprint density at radius 3 is 2.73 bits per heavy atom. The van der Waals surface area contributed by atoms with E-state index in [1.165, 1.54) is 11.3 Å². The molecule has 0 saturated carbocycles. The molecule has 0 bridgehead atoms. The molecule has 0 saturated heterocycles. The fourth-order valence-corrected chi connectivity index (χ4v) is 4.17. The molecule has 7 heteroatoms. The fraction of sp³-hybridized carbons (Fsp3) is 0.130. The summed E-state index contributed by atoms with van der Waals surface area (Å²) in [5.41, 5.74) is 2.93. The van der Waals surface area contributed by atoms with Crippen molar-refractivity contribution in [3.05, 3.63) is 83.5 Å². The number of aromatic nitrogens is 2. The van der Waals surface area contributed by atoms with Gasteiger partial charge in [0.1, 0.15) is 13.2 Å². The van der Waals surface area contributed by atoms with Crippen LogP contribution in [-0.4, -0.2) is 28.9 Å². The first-order valence-electron chi connectivity index (χ1n) is 9.63. The van der Waals surface area contributed by atoms with Crippen LogP contribution in [0.15, 0.2) is 73.1 Å². The smallest absolute Gasteiger partial charge is 0.261 e. The minimum atomic E-state index is -0.101. The van der Waals surface area contributed by atoms with Gasteiger partial charge >= 0.3 is 0 Å². The summed E-state index contributed by atoms with van der Waals surface area (Å²) in [6.07, 6.45) is 3.69. The lowest BCUT2D eigenvalue weighted by atomic mass is 10.1. The van der Waals surface area contributed by atoms with Gasteiger partial charge in [0.15, 0.2) is 11.5 Å². The van der Waals surface area contributed by atoms with Crippen LogP contribution < -0.4 is 14.8 Å². The number of thiophene rings is 1. The zero-order valence-corrected chi connectivity index (χ0v) is 16.9. The highest BCUT2D eigenvalue weighted by molar-refractivity contribution is 7.17. The second kappa shape index (κ2) is 8.04. The number of nitrogens with zero attached hydrogens (tertiary/aromatic N) is 2. The number of para-hydroxylation sites is 1. The molecule has 0 atom stereocenters. The van der Waals surface area contributed by atoms with E-state index in [-0.39, 0.29) is 5.91 Å². The zero-order chi connectivity index (χ0) is 20.3. The SMILES string of the molecule is O=C(NCc1cnn(-c2ccccc2)c1)c1ccc(-c2ccc3c(c2)OCCO3)s1. The van der Waals surface area contributed by atoms with Crippen molar-refractivity contribution in [3.8, 4) is 27.6 Å². The highest BCUT2D eigenvalue weighted by Gasteiger charge is 2.15. The van der Waals surface area contributed by atoms with Gasteiger partial charge in [0.25, 0.3) is 5.91 Å². The van der Waals surface area contributed by atoms with Crippen molar-refractivity contribution in [1.82, 2.24) is 15.1 Å². The molecule has 0 aliphatic carbocycles. The Labute approximate surface area is 177 Å².